The van der Waals surface area contributed by atoms with Gasteiger partial charge in [0.2, 0.25) is 11.8 Å². The minimum absolute atomic E-state index is 0.110. The van der Waals surface area contributed by atoms with Gasteiger partial charge in [0.1, 0.15) is 5.75 Å². The van der Waals surface area contributed by atoms with Crippen LogP contribution in [0.5, 0.6) is 5.75 Å². The molecule has 9 heteroatoms. The van der Waals surface area contributed by atoms with Crippen molar-refractivity contribution in [3.05, 3.63) is 54.1 Å². The molecule has 0 aliphatic heterocycles. The van der Waals surface area contributed by atoms with E-state index in [0.717, 1.165) is 22.7 Å². The molecule has 0 spiro atoms. The lowest BCUT2D eigenvalue weighted by Gasteiger charge is -2.09. The van der Waals surface area contributed by atoms with Crippen LogP contribution in [-0.2, 0) is 16.1 Å². The van der Waals surface area contributed by atoms with E-state index < -0.39 is 0 Å². The van der Waals surface area contributed by atoms with E-state index in [1.54, 1.807) is 24.3 Å². The highest BCUT2D eigenvalue weighted by Gasteiger charge is 2.15. The summed E-state index contributed by atoms with van der Waals surface area (Å²) in [4.78, 5) is 24.3. The summed E-state index contributed by atoms with van der Waals surface area (Å²) in [5.74, 6) is 1.10. The number of hydrogen-bond acceptors (Lipinski definition) is 6. The lowest BCUT2D eigenvalue weighted by molar-refractivity contribution is -0.122. The van der Waals surface area contributed by atoms with Gasteiger partial charge in [-0.15, -0.1) is 10.2 Å². The lowest BCUT2D eigenvalue weighted by Crippen LogP contribution is -2.33. The van der Waals surface area contributed by atoms with Gasteiger partial charge in [0.15, 0.2) is 11.0 Å². The molecular formula is C23H27N5O3S. The summed E-state index contributed by atoms with van der Waals surface area (Å²) in [5, 5.41) is 14.6. The second kappa shape index (κ2) is 11.3. The van der Waals surface area contributed by atoms with Crippen molar-refractivity contribution >= 4 is 29.3 Å². The normalized spacial score (nSPS) is 10.6. The molecule has 3 rings (SSSR count). The molecule has 0 unspecified atom stereocenters. The third-order valence-corrected chi connectivity index (χ3v) is 5.50. The Balaban J connectivity index is 1.49. The summed E-state index contributed by atoms with van der Waals surface area (Å²) in [7, 11) is 0. The van der Waals surface area contributed by atoms with Crippen LogP contribution in [0, 0.1) is 6.92 Å². The molecule has 3 aromatic rings. The van der Waals surface area contributed by atoms with Crippen LogP contribution in [0.2, 0.25) is 0 Å². The van der Waals surface area contributed by atoms with E-state index in [0.29, 0.717) is 24.0 Å². The number of hydrogen-bond donors (Lipinski definition) is 2. The Hall–Kier alpha value is -3.33. The number of anilines is 1. The van der Waals surface area contributed by atoms with E-state index in [9.17, 15) is 9.59 Å². The molecule has 0 saturated carbocycles. The SMILES string of the molecule is CCOc1ccc(NC(=O)CNC(=O)CSc2nnc(-c3cccc(C)c3)n2CC)cc1. The Labute approximate surface area is 191 Å². The fraction of sp³-hybridized carbons (Fsp3) is 0.304. The van der Waals surface area contributed by atoms with Gasteiger partial charge in [-0.3, -0.25) is 9.59 Å². The van der Waals surface area contributed by atoms with Crippen molar-refractivity contribution in [1.82, 2.24) is 20.1 Å². The summed E-state index contributed by atoms with van der Waals surface area (Å²) in [6.45, 7) is 7.11. The minimum atomic E-state index is -0.300. The number of aromatic nitrogens is 3. The first kappa shape index (κ1) is 23.3. The van der Waals surface area contributed by atoms with Crippen molar-refractivity contribution in [2.24, 2.45) is 0 Å². The van der Waals surface area contributed by atoms with Crippen LogP contribution in [0.3, 0.4) is 0 Å². The minimum Gasteiger partial charge on any atom is -0.494 e. The molecule has 1 heterocycles. The third-order valence-electron chi connectivity index (χ3n) is 4.54. The van der Waals surface area contributed by atoms with E-state index in [-0.39, 0.29) is 24.1 Å². The molecule has 0 aliphatic rings. The topological polar surface area (TPSA) is 98.1 Å². The molecular weight excluding hydrogens is 426 g/mol. The van der Waals surface area contributed by atoms with Gasteiger partial charge in [0, 0.05) is 17.8 Å². The molecule has 32 heavy (non-hydrogen) atoms. The van der Waals surface area contributed by atoms with E-state index in [4.69, 9.17) is 4.74 Å². The predicted molar refractivity (Wildman–Crippen MR) is 126 cm³/mol. The number of ether oxygens (including phenoxy) is 1. The first-order chi connectivity index (χ1) is 15.5. The summed E-state index contributed by atoms with van der Waals surface area (Å²) in [6.07, 6.45) is 0. The summed E-state index contributed by atoms with van der Waals surface area (Å²) in [5.41, 5.74) is 2.77. The van der Waals surface area contributed by atoms with Gasteiger partial charge in [0.25, 0.3) is 0 Å². The zero-order chi connectivity index (χ0) is 22.9. The molecule has 168 valence electrons. The first-order valence-corrected chi connectivity index (χ1v) is 11.4. The van der Waals surface area contributed by atoms with Gasteiger partial charge < -0.3 is 19.9 Å². The quantitative estimate of drug-likeness (QED) is 0.456. The number of benzene rings is 2. The van der Waals surface area contributed by atoms with Crippen LogP contribution in [0.4, 0.5) is 5.69 Å². The smallest absolute Gasteiger partial charge is 0.243 e. The van der Waals surface area contributed by atoms with Gasteiger partial charge >= 0.3 is 0 Å². The monoisotopic (exact) mass is 453 g/mol. The number of rotatable bonds is 10. The van der Waals surface area contributed by atoms with E-state index >= 15 is 0 Å². The molecule has 8 nitrogen and oxygen atoms in total. The maximum absolute atomic E-state index is 12.2. The molecule has 1 aromatic heterocycles. The molecule has 0 fully saturated rings. The van der Waals surface area contributed by atoms with E-state index in [2.05, 4.69) is 26.9 Å². The second-order valence-corrected chi connectivity index (χ2v) is 7.93. The zero-order valence-corrected chi connectivity index (χ0v) is 19.2. The van der Waals surface area contributed by atoms with Crippen LogP contribution >= 0.6 is 11.8 Å². The number of amides is 2. The van der Waals surface area contributed by atoms with Crippen molar-refractivity contribution in [2.45, 2.75) is 32.5 Å². The van der Waals surface area contributed by atoms with Gasteiger partial charge in [-0.2, -0.15) is 0 Å². The molecule has 2 amide bonds. The van der Waals surface area contributed by atoms with Gasteiger partial charge in [-0.05, 0) is 51.1 Å². The first-order valence-electron chi connectivity index (χ1n) is 10.4. The fourth-order valence-corrected chi connectivity index (χ4v) is 3.88. The molecule has 2 N–H and O–H groups in total. The molecule has 0 atom stereocenters. The highest BCUT2D eigenvalue weighted by molar-refractivity contribution is 7.99. The number of carbonyl (C=O) groups excluding carboxylic acids is 2. The van der Waals surface area contributed by atoms with Gasteiger partial charge in [-0.25, -0.2) is 0 Å². The van der Waals surface area contributed by atoms with Crippen LogP contribution in [0.15, 0.2) is 53.7 Å². The molecule has 2 aromatic carbocycles. The maximum atomic E-state index is 12.2. The second-order valence-electron chi connectivity index (χ2n) is 6.99. The van der Waals surface area contributed by atoms with Crippen molar-refractivity contribution in [2.75, 3.05) is 24.2 Å². The maximum Gasteiger partial charge on any atom is 0.243 e. The lowest BCUT2D eigenvalue weighted by atomic mass is 10.1. The Bertz CT molecular complexity index is 1070. The van der Waals surface area contributed by atoms with E-state index in [1.807, 2.05) is 43.5 Å². The summed E-state index contributed by atoms with van der Waals surface area (Å²) < 4.78 is 7.35. The molecule has 0 saturated heterocycles. The Kier molecular flexibility index (Phi) is 8.27. The Morgan fingerprint density at radius 2 is 1.84 bits per heavy atom. The number of nitrogens with zero attached hydrogens (tertiary/aromatic N) is 3. The fourth-order valence-electron chi connectivity index (χ4n) is 3.04. The van der Waals surface area contributed by atoms with Crippen LogP contribution in [0.1, 0.15) is 19.4 Å². The van der Waals surface area contributed by atoms with Crippen LogP contribution in [-0.4, -0.2) is 45.5 Å². The Morgan fingerprint density at radius 1 is 1.06 bits per heavy atom. The summed E-state index contributed by atoms with van der Waals surface area (Å²) >= 11 is 1.29. The Morgan fingerprint density at radius 3 is 2.53 bits per heavy atom. The number of aryl methyl sites for hydroxylation is 1. The van der Waals surface area contributed by atoms with Crippen LogP contribution in [0.25, 0.3) is 11.4 Å². The average Bonchev–Trinajstić information content (AvgIpc) is 3.21. The van der Waals surface area contributed by atoms with E-state index in [1.165, 1.54) is 11.8 Å². The number of nitrogens with one attached hydrogen (secondary N) is 2. The third kappa shape index (κ3) is 6.34. The number of thioether (sulfide) groups is 1. The zero-order valence-electron chi connectivity index (χ0n) is 18.4. The highest BCUT2D eigenvalue weighted by Crippen LogP contribution is 2.24. The average molecular weight is 454 g/mol. The van der Waals surface area contributed by atoms with Gasteiger partial charge in [-0.1, -0.05) is 35.5 Å². The van der Waals surface area contributed by atoms with Crippen molar-refractivity contribution in [3.63, 3.8) is 0 Å². The predicted octanol–water partition coefficient (Wildman–Crippen LogP) is 3.52. The largest absolute Gasteiger partial charge is 0.494 e. The number of carbonyl (C=O) groups is 2. The molecule has 0 radical (unpaired) electrons. The van der Waals surface area contributed by atoms with Crippen molar-refractivity contribution < 1.29 is 14.3 Å². The standard InChI is InChI=1S/C23H27N5O3S/c1-4-28-22(17-8-6-7-16(3)13-17)26-27-23(28)32-15-21(30)24-14-20(29)25-18-9-11-19(12-10-18)31-5-2/h6-13H,4-5,14-15H2,1-3H3,(H,24,30)(H,25,29). The summed E-state index contributed by atoms with van der Waals surface area (Å²) in [6, 6.07) is 15.1. The van der Waals surface area contributed by atoms with Crippen molar-refractivity contribution in [3.8, 4) is 17.1 Å². The van der Waals surface area contributed by atoms with Crippen molar-refractivity contribution in [1.29, 1.82) is 0 Å². The molecule has 0 bridgehead atoms. The van der Waals surface area contributed by atoms with Crippen LogP contribution < -0.4 is 15.4 Å². The molecule has 0 aliphatic carbocycles. The van der Waals surface area contributed by atoms with Gasteiger partial charge in [0.05, 0.1) is 18.9 Å². The highest BCUT2D eigenvalue weighted by atomic mass is 32.2.